The number of sulfonamides is 1. The molecule has 0 amide bonds. The minimum absolute atomic E-state index is 0.111. The molecular weight excluding hydrogens is 232 g/mol. The Morgan fingerprint density at radius 1 is 1.44 bits per heavy atom. The Bertz CT molecular complexity index is 368. The molecule has 0 unspecified atom stereocenters. The van der Waals surface area contributed by atoms with E-state index in [2.05, 4.69) is 0 Å². The van der Waals surface area contributed by atoms with Gasteiger partial charge in [-0.1, -0.05) is 0 Å². The maximum atomic E-state index is 11.5. The van der Waals surface area contributed by atoms with Gasteiger partial charge < -0.3 is 10.0 Å². The molecular formula is C9H18N2O4S. The van der Waals surface area contributed by atoms with Gasteiger partial charge in [-0.15, -0.1) is 0 Å². The second-order valence-corrected chi connectivity index (χ2v) is 6.31. The van der Waals surface area contributed by atoms with Crippen LogP contribution in [0.15, 0.2) is 0 Å². The van der Waals surface area contributed by atoms with Crippen molar-refractivity contribution in [3.05, 3.63) is 0 Å². The molecule has 94 valence electrons. The third kappa shape index (κ3) is 3.16. The quantitative estimate of drug-likeness (QED) is 0.725. The van der Waals surface area contributed by atoms with Gasteiger partial charge in [-0.3, -0.25) is 4.79 Å². The molecule has 0 aromatic carbocycles. The smallest absolute Gasteiger partial charge is 0.305 e. The van der Waals surface area contributed by atoms with Gasteiger partial charge in [0.15, 0.2) is 0 Å². The normalized spacial score (nSPS) is 29.2. The van der Waals surface area contributed by atoms with E-state index in [0.29, 0.717) is 13.1 Å². The van der Waals surface area contributed by atoms with E-state index in [1.807, 2.05) is 18.9 Å². The van der Waals surface area contributed by atoms with E-state index in [0.717, 1.165) is 6.26 Å². The van der Waals surface area contributed by atoms with Crippen molar-refractivity contribution in [1.29, 1.82) is 0 Å². The van der Waals surface area contributed by atoms with Gasteiger partial charge in [0.2, 0.25) is 10.0 Å². The molecule has 16 heavy (non-hydrogen) atoms. The molecule has 0 aliphatic carbocycles. The Hall–Kier alpha value is -0.660. The second kappa shape index (κ2) is 4.68. The summed E-state index contributed by atoms with van der Waals surface area (Å²) in [6.07, 6.45) is 0.976. The first kappa shape index (κ1) is 13.4. The Kier molecular flexibility index (Phi) is 3.92. The standard InChI is InChI=1S/C9H18N2O4S/c1-7-5-11(16(3,14)15)8(4-9(12)13)6-10(7)2/h7-8H,4-6H2,1-3H3,(H,12,13)/t7-,8+/m1/s1. The number of carboxylic acid groups (broad SMARTS) is 1. The van der Waals surface area contributed by atoms with E-state index in [1.165, 1.54) is 4.31 Å². The lowest BCUT2D eigenvalue weighted by Gasteiger charge is -2.41. The van der Waals surface area contributed by atoms with Gasteiger partial charge in [-0.05, 0) is 14.0 Å². The van der Waals surface area contributed by atoms with Crippen LogP contribution >= 0.6 is 0 Å². The first-order chi connectivity index (χ1) is 7.21. The Labute approximate surface area is 95.9 Å². The highest BCUT2D eigenvalue weighted by Crippen LogP contribution is 2.19. The van der Waals surface area contributed by atoms with Crippen LogP contribution in [0.5, 0.6) is 0 Å². The number of nitrogens with zero attached hydrogens (tertiary/aromatic N) is 2. The molecule has 0 aromatic rings. The van der Waals surface area contributed by atoms with Gasteiger partial charge in [0, 0.05) is 25.2 Å². The van der Waals surface area contributed by atoms with Crippen LogP contribution in [0.1, 0.15) is 13.3 Å². The predicted octanol–water partition coefficient (Wildman–Crippen LogP) is -0.575. The van der Waals surface area contributed by atoms with Gasteiger partial charge >= 0.3 is 5.97 Å². The van der Waals surface area contributed by atoms with Crippen LogP contribution in [0.3, 0.4) is 0 Å². The van der Waals surface area contributed by atoms with E-state index in [1.54, 1.807) is 0 Å². The summed E-state index contributed by atoms with van der Waals surface area (Å²) in [7, 11) is -1.46. The summed E-state index contributed by atoms with van der Waals surface area (Å²) < 4.78 is 24.4. The first-order valence-electron chi connectivity index (χ1n) is 5.10. The van der Waals surface area contributed by atoms with E-state index in [-0.39, 0.29) is 12.5 Å². The molecule has 1 aliphatic rings. The molecule has 0 radical (unpaired) electrons. The predicted molar refractivity (Wildman–Crippen MR) is 59.7 cm³/mol. The van der Waals surface area contributed by atoms with Crippen LogP contribution in [-0.4, -0.2) is 67.2 Å². The number of likely N-dealkylation sites (N-methyl/N-ethyl adjacent to an activating group) is 1. The molecule has 0 aromatic heterocycles. The van der Waals surface area contributed by atoms with E-state index in [4.69, 9.17) is 5.11 Å². The highest BCUT2D eigenvalue weighted by molar-refractivity contribution is 7.88. The highest BCUT2D eigenvalue weighted by atomic mass is 32.2. The van der Waals surface area contributed by atoms with Gasteiger partial charge in [0.05, 0.1) is 12.7 Å². The third-order valence-corrected chi connectivity index (χ3v) is 4.24. The third-order valence-electron chi connectivity index (χ3n) is 2.94. The van der Waals surface area contributed by atoms with Crippen LogP contribution in [0.2, 0.25) is 0 Å². The minimum Gasteiger partial charge on any atom is -0.481 e. The Morgan fingerprint density at radius 3 is 2.44 bits per heavy atom. The maximum Gasteiger partial charge on any atom is 0.305 e. The van der Waals surface area contributed by atoms with Gasteiger partial charge in [-0.25, -0.2) is 8.42 Å². The van der Waals surface area contributed by atoms with Crippen LogP contribution in [0.4, 0.5) is 0 Å². The SMILES string of the molecule is C[C@@H]1CN(S(C)(=O)=O)[C@@H](CC(=O)O)CN1C. The van der Waals surface area contributed by atoms with Crippen molar-refractivity contribution >= 4 is 16.0 Å². The summed E-state index contributed by atoms with van der Waals surface area (Å²) in [5.41, 5.74) is 0. The monoisotopic (exact) mass is 250 g/mol. The second-order valence-electron chi connectivity index (χ2n) is 4.37. The number of rotatable bonds is 3. The highest BCUT2D eigenvalue weighted by Gasteiger charge is 2.35. The summed E-state index contributed by atoms with van der Waals surface area (Å²) in [4.78, 5) is 12.7. The number of hydrogen-bond donors (Lipinski definition) is 1. The molecule has 0 bridgehead atoms. The molecule has 6 nitrogen and oxygen atoms in total. The average molecular weight is 250 g/mol. The lowest BCUT2D eigenvalue weighted by molar-refractivity contribution is -0.138. The van der Waals surface area contributed by atoms with Crippen LogP contribution in [-0.2, 0) is 14.8 Å². The summed E-state index contributed by atoms with van der Waals surface area (Å²) in [6.45, 7) is 2.74. The van der Waals surface area contributed by atoms with Crippen LogP contribution in [0.25, 0.3) is 0 Å². The molecule has 7 heteroatoms. The zero-order valence-corrected chi connectivity index (χ0v) is 10.6. The molecule has 2 atom stereocenters. The molecule has 1 heterocycles. The number of hydrogen-bond acceptors (Lipinski definition) is 4. The number of carboxylic acids is 1. The molecule has 1 fully saturated rings. The van der Waals surface area contributed by atoms with Crippen molar-refractivity contribution in [3.8, 4) is 0 Å². The van der Waals surface area contributed by atoms with Crippen molar-refractivity contribution in [1.82, 2.24) is 9.21 Å². The molecule has 0 spiro atoms. The molecule has 1 N–H and O–H groups in total. The van der Waals surface area contributed by atoms with Gasteiger partial charge in [0.25, 0.3) is 0 Å². The van der Waals surface area contributed by atoms with E-state index >= 15 is 0 Å². The lowest BCUT2D eigenvalue weighted by atomic mass is 10.1. The zero-order chi connectivity index (χ0) is 12.5. The maximum absolute atomic E-state index is 11.5. The van der Waals surface area contributed by atoms with Crippen LogP contribution in [0, 0.1) is 0 Å². The average Bonchev–Trinajstić information content (AvgIpc) is 2.08. The van der Waals surface area contributed by atoms with E-state index < -0.39 is 22.0 Å². The lowest BCUT2D eigenvalue weighted by Crippen LogP contribution is -2.57. The van der Waals surface area contributed by atoms with Crippen molar-refractivity contribution in [2.45, 2.75) is 25.4 Å². The summed E-state index contributed by atoms with van der Waals surface area (Å²) >= 11 is 0. The summed E-state index contributed by atoms with van der Waals surface area (Å²) in [5.74, 6) is -0.971. The van der Waals surface area contributed by atoms with E-state index in [9.17, 15) is 13.2 Å². The Balaban J connectivity index is 2.88. The number of aliphatic carboxylic acids is 1. The van der Waals surface area contributed by atoms with Crippen molar-refractivity contribution < 1.29 is 18.3 Å². The molecule has 1 aliphatic heterocycles. The molecule has 1 saturated heterocycles. The van der Waals surface area contributed by atoms with Gasteiger partial charge in [0.1, 0.15) is 0 Å². The fraction of sp³-hybridized carbons (Fsp3) is 0.889. The minimum atomic E-state index is -3.33. The zero-order valence-electron chi connectivity index (χ0n) is 9.75. The van der Waals surface area contributed by atoms with Crippen molar-refractivity contribution in [2.75, 3.05) is 26.4 Å². The Morgan fingerprint density at radius 2 is 2.00 bits per heavy atom. The van der Waals surface area contributed by atoms with Crippen molar-refractivity contribution in [2.24, 2.45) is 0 Å². The van der Waals surface area contributed by atoms with Crippen LogP contribution < -0.4 is 0 Å². The summed E-state index contributed by atoms with van der Waals surface area (Å²) in [6, 6.07) is -0.353. The topological polar surface area (TPSA) is 77.9 Å². The fourth-order valence-corrected chi connectivity index (χ4v) is 3.10. The summed E-state index contributed by atoms with van der Waals surface area (Å²) in [5, 5.41) is 8.76. The largest absolute Gasteiger partial charge is 0.481 e. The van der Waals surface area contributed by atoms with Crippen molar-refractivity contribution in [3.63, 3.8) is 0 Å². The van der Waals surface area contributed by atoms with Gasteiger partial charge in [-0.2, -0.15) is 4.31 Å². The number of carbonyl (C=O) groups is 1. The fourth-order valence-electron chi connectivity index (χ4n) is 1.93. The number of piperazine rings is 1. The molecule has 0 saturated carbocycles. The molecule has 1 rings (SSSR count). The first-order valence-corrected chi connectivity index (χ1v) is 6.95.